The number of halogens is 10. The third-order valence-corrected chi connectivity index (χ3v) is 2.00. The van der Waals surface area contributed by atoms with Gasteiger partial charge < -0.3 is 0 Å². The van der Waals surface area contributed by atoms with Gasteiger partial charge in [0.25, 0.3) is 0 Å². The third kappa shape index (κ3) is 3.66. The van der Waals surface area contributed by atoms with Gasteiger partial charge in [0, 0.05) is 0 Å². The monoisotopic (exact) mass is 342 g/mol. The van der Waals surface area contributed by atoms with Crippen LogP contribution >= 0.6 is 15.9 Å². The van der Waals surface area contributed by atoms with E-state index in [1.165, 1.54) is 0 Å². The summed E-state index contributed by atoms with van der Waals surface area (Å²) in [5, 5.41) is 0. The van der Waals surface area contributed by atoms with E-state index in [9.17, 15) is 39.5 Å². The lowest BCUT2D eigenvalue weighted by Gasteiger charge is -2.27. The summed E-state index contributed by atoms with van der Waals surface area (Å²) in [5.74, 6) is 0. The van der Waals surface area contributed by atoms with Crippen molar-refractivity contribution in [3.8, 4) is 0 Å². The minimum atomic E-state index is -6.17. The van der Waals surface area contributed by atoms with Crippen LogP contribution in [0.5, 0.6) is 0 Å². The Morgan fingerprint density at radius 2 is 1.29 bits per heavy atom. The van der Waals surface area contributed by atoms with E-state index in [4.69, 9.17) is 0 Å². The predicted octanol–water partition coefficient (Wildman–Crippen LogP) is 4.19. The van der Waals surface area contributed by atoms with Crippen molar-refractivity contribution in [3.63, 3.8) is 0 Å². The van der Waals surface area contributed by atoms with E-state index in [2.05, 4.69) is 9.78 Å². The molecule has 17 heavy (non-hydrogen) atoms. The Hall–Kier alpha value is -0.650. The maximum absolute atomic E-state index is 12.5. The standard InChI is InChI=1S/C5BrF9O2/c6-3(10,4(11,12)13)5(14,15)17-16-2(9)1(7)8. The molecule has 0 saturated heterocycles. The van der Waals surface area contributed by atoms with E-state index in [1.54, 1.807) is 0 Å². The molecule has 0 saturated carbocycles. The molecule has 0 aliphatic rings. The molecule has 0 spiro atoms. The van der Waals surface area contributed by atoms with Crippen molar-refractivity contribution in [2.24, 2.45) is 0 Å². The molecule has 0 fully saturated rings. The summed E-state index contributed by atoms with van der Waals surface area (Å²) < 4.78 is 101. The number of hydrogen-bond donors (Lipinski definition) is 0. The second-order valence-corrected chi connectivity index (χ2v) is 3.38. The third-order valence-electron chi connectivity index (χ3n) is 1.09. The molecule has 102 valence electrons. The minimum Gasteiger partial charge on any atom is -0.294 e. The molecular weight excluding hydrogens is 343 g/mol. The summed E-state index contributed by atoms with van der Waals surface area (Å²) in [5.41, 5.74) is 0. The van der Waals surface area contributed by atoms with Crippen molar-refractivity contribution in [1.82, 2.24) is 0 Å². The molecule has 1 atom stereocenters. The molecule has 0 aromatic rings. The zero-order valence-corrected chi connectivity index (χ0v) is 8.68. The first kappa shape index (κ1) is 16.4. The Morgan fingerprint density at radius 1 is 0.882 bits per heavy atom. The smallest absolute Gasteiger partial charge is 0.294 e. The van der Waals surface area contributed by atoms with Crippen LogP contribution in [0.4, 0.5) is 39.5 Å². The summed E-state index contributed by atoms with van der Waals surface area (Å²) in [6.45, 7) is 0. The van der Waals surface area contributed by atoms with E-state index >= 15 is 0 Å². The molecule has 0 aliphatic carbocycles. The minimum absolute atomic E-state index is 0.938. The van der Waals surface area contributed by atoms with E-state index in [0.29, 0.717) is 0 Å². The Balaban J connectivity index is 4.87. The predicted molar refractivity (Wildman–Crippen MR) is 36.3 cm³/mol. The van der Waals surface area contributed by atoms with Crippen LogP contribution in [0, 0.1) is 0 Å². The van der Waals surface area contributed by atoms with Crippen LogP contribution in [0.15, 0.2) is 12.1 Å². The molecule has 0 radical (unpaired) electrons. The summed E-state index contributed by atoms with van der Waals surface area (Å²) >= 11 is 0.938. The molecule has 0 rings (SSSR count). The average Bonchev–Trinajstić information content (AvgIpc) is 2.11. The van der Waals surface area contributed by atoms with E-state index < -0.39 is 29.0 Å². The summed E-state index contributed by atoms with van der Waals surface area (Å²) in [4.78, 5) is 4.85. The Bertz CT molecular complexity index is 305. The molecule has 1 unspecified atom stereocenters. The van der Waals surface area contributed by atoms with Crippen LogP contribution in [0.1, 0.15) is 0 Å². The van der Waals surface area contributed by atoms with Crippen molar-refractivity contribution in [2.45, 2.75) is 16.9 Å². The van der Waals surface area contributed by atoms with Crippen molar-refractivity contribution < 1.29 is 49.3 Å². The zero-order valence-electron chi connectivity index (χ0n) is 7.10. The van der Waals surface area contributed by atoms with Crippen LogP contribution < -0.4 is 0 Å². The number of rotatable bonds is 4. The molecule has 0 aliphatic heterocycles. The van der Waals surface area contributed by atoms with Gasteiger partial charge >= 0.3 is 29.0 Å². The fourth-order valence-electron chi connectivity index (χ4n) is 0.338. The Labute approximate surface area is 95.0 Å². The van der Waals surface area contributed by atoms with Gasteiger partial charge in [0.1, 0.15) is 0 Å². The van der Waals surface area contributed by atoms with Gasteiger partial charge in [0.15, 0.2) is 0 Å². The van der Waals surface area contributed by atoms with Gasteiger partial charge in [-0.1, -0.05) is 0 Å². The van der Waals surface area contributed by atoms with Crippen LogP contribution in [-0.4, -0.2) is 16.9 Å². The molecule has 0 N–H and O–H groups in total. The molecule has 12 heteroatoms. The quantitative estimate of drug-likeness (QED) is 0.251. The highest BCUT2D eigenvalue weighted by atomic mass is 79.9. The normalized spacial score (nSPS) is 16.4. The Kier molecular flexibility index (Phi) is 4.73. The van der Waals surface area contributed by atoms with Gasteiger partial charge in [0.2, 0.25) is 0 Å². The highest BCUT2D eigenvalue weighted by Gasteiger charge is 2.73. The lowest BCUT2D eigenvalue weighted by atomic mass is 10.3. The first-order valence-electron chi connectivity index (χ1n) is 3.21. The van der Waals surface area contributed by atoms with Crippen molar-refractivity contribution in [2.75, 3.05) is 0 Å². The lowest BCUT2D eigenvalue weighted by molar-refractivity contribution is -0.468. The van der Waals surface area contributed by atoms with E-state index in [-0.39, 0.29) is 0 Å². The lowest BCUT2D eigenvalue weighted by Crippen LogP contribution is -2.51. The van der Waals surface area contributed by atoms with E-state index in [1.807, 2.05) is 0 Å². The molecule has 0 aromatic carbocycles. The second-order valence-electron chi connectivity index (χ2n) is 2.29. The Morgan fingerprint density at radius 3 is 1.59 bits per heavy atom. The summed E-state index contributed by atoms with van der Waals surface area (Å²) in [6, 6.07) is -3.03. The van der Waals surface area contributed by atoms with Gasteiger partial charge in [-0.15, -0.1) is 4.89 Å². The number of hydrogen-bond acceptors (Lipinski definition) is 2. The van der Waals surface area contributed by atoms with Crippen molar-refractivity contribution in [1.29, 1.82) is 0 Å². The van der Waals surface area contributed by atoms with Crippen LogP contribution in [0.25, 0.3) is 0 Å². The molecule has 0 aromatic heterocycles. The highest BCUT2D eigenvalue weighted by Crippen LogP contribution is 2.50. The maximum Gasteiger partial charge on any atom is 0.443 e. The van der Waals surface area contributed by atoms with Crippen molar-refractivity contribution in [3.05, 3.63) is 12.1 Å². The van der Waals surface area contributed by atoms with Crippen LogP contribution in [0.3, 0.4) is 0 Å². The first-order valence-corrected chi connectivity index (χ1v) is 4.01. The fourth-order valence-corrected chi connectivity index (χ4v) is 0.404. The molecule has 0 amide bonds. The SMILES string of the molecule is FC(F)=C(F)OOC(F)(F)C(F)(Br)C(F)(F)F. The molecule has 0 bridgehead atoms. The van der Waals surface area contributed by atoms with Gasteiger partial charge in [-0.25, -0.2) is 4.39 Å². The maximum atomic E-state index is 12.5. The van der Waals surface area contributed by atoms with E-state index in [0.717, 1.165) is 15.9 Å². The average molecular weight is 343 g/mol. The summed E-state index contributed by atoms with van der Waals surface area (Å²) in [6.07, 6.45) is -15.3. The van der Waals surface area contributed by atoms with Gasteiger partial charge in [-0.05, 0) is 15.9 Å². The van der Waals surface area contributed by atoms with Gasteiger partial charge in [-0.2, -0.15) is 35.1 Å². The second kappa shape index (κ2) is 4.92. The molecule has 2 nitrogen and oxygen atoms in total. The van der Waals surface area contributed by atoms with Crippen LogP contribution in [0.2, 0.25) is 0 Å². The molecule has 0 heterocycles. The fraction of sp³-hybridized carbons (Fsp3) is 0.600. The van der Waals surface area contributed by atoms with Crippen LogP contribution in [-0.2, 0) is 9.78 Å². The van der Waals surface area contributed by atoms with Gasteiger partial charge in [-0.3, -0.25) is 4.89 Å². The van der Waals surface area contributed by atoms with Gasteiger partial charge in [0.05, 0.1) is 0 Å². The topological polar surface area (TPSA) is 18.5 Å². The summed E-state index contributed by atoms with van der Waals surface area (Å²) in [7, 11) is 0. The number of alkyl halides is 7. The largest absolute Gasteiger partial charge is 0.443 e. The molecular formula is C5BrF9O2. The van der Waals surface area contributed by atoms with Crippen molar-refractivity contribution >= 4 is 15.9 Å². The highest BCUT2D eigenvalue weighted by molar-refractivity contribution is 9.10. The first-order chi connectivity index (χ1) is 7.33. The zero-order chi connectivity index (χ0) is 14.1.